The summed E-state index contributed by atoms with van der Waals surface area (Å²) in [4.78, 5) is 12.6. The molecule has 1 aromatic heterocycles. The summed E-state index contributed by atoms with van der Waals surface area (Å²) >= 11 is 0. The Morgan fingerprint density at radius 3 is 2.48 bits per heavy atom. The fourth-order valence-corrected chi connectivity index (χ4v) is 2.34. The lowest BCUT2D eigenvalue weighted by atomic mass is 10.1. The average Bonchev–Trinajstić information content (AvgIpc) is 2.93. The summed E-state index contributed by atoms with van der Waals surface area (Å²) in [5.41, 5.74) is 3.92. The highest BCUT2D eigenvalue weighted by Gasteiger charge is 2.28. The smallest absolute Gasteiger partial charge is 0.275 e. The normalized spacial score (nSPS) is 16.7. The molecule has 1 aliphatic heterocycles. The molecule has 0 spiro atoms. The van der Waals surface area contributed by atoms with Crippen molar-refractivity contribution < 1.29 is 4.79 Å². The third kappa shape index (κ3) is 2.38. The number of aryl methyl sites for hydroxylation is 2. The van der Waals surface area contributed by atoms with Crippen molar-refractivity contribution in [1.82, 2.24) is 9.78 Å². The Balaban J connectivity index is 1.98. The van der Waals surface area contributed by atoms with Gasteiger partial charge in [-0.05, 0) is 32.1 Å². The molecule has 0 fully saturated rings. The van der Waals surface area contributed by atoms with Gasteiger partial charge in [0.1, 0.15) is 0 Å². The average molecular weight is 280 g/mol. The lowest BCUT2D eigenvalue weighted by molar-refractivity contribution is -0.114. The molecule has 0 atom stereocenters. The molecule has 0 radical (unpaired) electrons. The van der Waals surface area contributed by atoms with E-state index in [0.717, 1.165) is 16.9 Å². The Morgan fingerprint density at radius 1 is 1.14 bits per heavy atom. The third-order valence-corrected chi connectivity index (χ3v) is 3.41. The summed E-state index contributed by atoms with van der Waals surface area (Å²) in [7, 11) is 1.86. The van der Waals surface area contributed by atoms with Crippen molar-refractivity contribution in [2.75, 3.05) is 5.01 Å². The van der Waals surface area contributed by atoms with Crippen LogP contribution in [0.15, 0.2) is 47.2 Å². The lowest BCUT2D eigenvalue weighted by Gasteiger charge is -2.10. The van der Waals surface area contributed by atoms with Crippen molar-refractivity contribution >= 4 is 23.4 Å². The quantitative estimate of drug-likeness (QED) is 0.794. The van der Waals surface area contributed by atoms with Crippen LogP contribution in [-0.4, -0.2) is 21.4 Å². The molecule has 0 saturated heterocycles. The summed E-state index contributed by atoms with van der Waals surface area (Å²) in [5.74, 6) is -0.109. The molecule has 2 aromatic rings. The van der Waals surface area contributed by atoms with E-state index in [-0.39, 0.29) is 5.91 Å². The highest BCUT2D eigenvalue weighted by Crippen LogP contribution is 2.25. The Bertz CT molecular complexity index is 756. The van der Waals surface area contributed by atoms with E-state index >= 15 is 0 Å². The molecule has 0 bridgehead atoms. The van der Waals surface area contributed by atoms with Crippen LogP contribution >= 0.6 is 0 Å². The van der Waals surface area contributed by atoms with Gasteiger partial charge in [0, 0.05) is 18.8 Å². The molecular formula is C16H16N4O. The number of rotatable bonds is 2. The maximum atomic E-state index is 12.6. The van der Waals surface area contributed by atoms with Gasteiger partial charge in [-0.1, -0.05) is 18.2 Å². The fraction of sp³-hybridized carbons (Fsp3) is 0.188. The predicted octanol–water partition coefficient (Wildman–Crippen LogP) is 2.53. The number of benzene rings is 1. The van der Waals surface area contributed by atoms with Crippen molar-refractivity contribution in [2.45, 2.75) is 13.8 Å². The summed E-state index contributed by atoms with van der Waals surface area (Å²) in [6.45, 7) is 3.77. The Kier molecular flexibility index (Phi) is 3.17. The second kappa shape index (κ2) is 5.01. The summed E-state index contributed by atoms with van der Waals surface area (Å²) < 4.78 is 1.74. The second-order valence-corrected chi connectivity index (χ2v) is 5.04. The molecule has 106 valence electrons. The van der Waals surface area contributed by atoms with Crippen molar-refractivity contribution in [2.24, 2.45) is 12.1 Å². The molecule has 1 amide bonds. The van der Waals surface area contributed by atoms with E-state index in [1.807, 2.05) is 63.5 Å². The van der Waals surface area contributed by atoms with Crippen LogP contribution < -0.4 is 5.01 Å². The highest BCUT2D eigenvalue weighted by atomic mass is 16.2. The molecular weight excluding hydrogens is 264 g/mol. The number of aromatic nitrogens is 2. The molecule has 0 aliphatic carbocycles. The number of nitrogens with zero attached hydrogens (tertiary/aromatic N) is 4. The molecule has 2 heterocycles. The van der Waals surface area contributed by atoms with Crippen molar-refractivity contribution in [1.29, 1.82) is 0 Å². The van der Waals surface area contributed by atoms with E-state index in [4.69, 9.17) is 0 Å². The van der Waals surface area contributed by atoms with Crippen LogP contribution in [-0.2, 0) is 11.8 Å². The highest BCUT2D eigenvalue weighted by molar-refractivity contribution is 6.32. The van der Waals surface area contributed by atoms with E-state index in [1.54, 1.807) is 4.68 Å². The molecule has 0 saturated carbocycles. The van der Waals surface area contributed by atoms with Gasteiger partial charge < -0.3 is 0 Å². The van der Waals surface area contributed by atoms with Crippen molar-refractivity contribution in [3.63, 3.8) is 0 Å². The number of para-hydroxylation sites is 1. The molecule has 1 aromatic carbocycles. The largest absolute Gasteiger partial charge is 0.280 e. The first-order valence-electron chi connectivity index (χ1n) is 6.73. The van der Waals surface area contributed by atoms with Crippen LogP contribution in [0.3, 0.4) is 0 Å². The van der Waals surface area contributed by atoms with Gasteiger partial charge in [-0.2, -0.15) is 15.2 Å². The van der Waals surface area contributed by atoms with Crippen molar-refractivity contribution in [3.05, 3.63) is 53.4 Å². The number of hydrogen-bond donors (Lipinski definition) is 0. The second-order valence-electron chi connectivity index (χ2n) is 5.04. The first kappa shape index (κ1) is 13.3. The predicted molar refractivity (Wildman–Crippen MR) is 83.0 cm³/mol. The van der Waals surface area contributed by atoms with Gasteiger partial charge in [-0.25, -0.2) is 0 Å². The van der Waals surface area contributed by atoms with Crippen LogP contribution in [0.5, 0.6) is 0 Å². The van der Waals surface area contributed by atoms with E-state index in [9.17, 15) is 4.79 Å². The van der Waals surface area contributed by atoms with Crippen LogP contribution in [0, 0.1) is 6.92 Å². The zero-order valence-corrected chi connectivity index (χ0v) is 12.2. The molecule has 0 unspecified atom stereocenters. The van der Waals surface area contributed by atoms with Gasteiger partial charge in [-0.3, -0.25) is 9.48 Å². The summed E-state index contributed by atoms with van der Waals surface area (Å²) in [6.07, 6.45) is 3.75. The maximum absolute atomic E-state index is 12.6. The minimum absolute atomic E-state index is 0.109. The van der Waals surface area contributed by atoms with Crippen molar-refractivity contribution in [3.8, 4) is 0 Å². The third-order valence-electron chi connectivity index (χ3n) is 3.41. The molecule has 1 aliphatic rings. The van der Waals surface area contributed by atoms with Crippen LogP contribution in [0.2, 0.25) is 0 Å². The molecule has 3 rings (SSSR count). The van der Waals surface area contributed by atoms with E-state index in [0.29, 0.717) is 11.3 Å². The standard InChI is InChI=1S/C16H16N4O/c1-11-13(10-19(3)17-11)9-15-12(2)18-20(16(15)21)14-7-5-4-6-8-14/h4-10H,1-3H3/b15-9+. The maximum Gasteiger partial charge on any atom is 0.280 e. The number of hydrazone groups is 1. The topological polar surface area (TPSA) is 50.5 Å². The molecule has 5 nitrogen and oxygen atoms in total. The summed E-state index contributed by atoms with van der Waals surface area (Å²) in [5, 5.41) is 10.1. The first-order chi connectivity index (χ1) is 10.1. The first-order valence-corrected chi connectivity index (χ1v) is 6.73. The number of anilines is 1. The van der Waals surface area contributed by atoms with Gasteiger partial charge in [0.2, 0.25) is 0 Å². The van der Waals surface area contributed by atoms with Gasteiger partial charge >= 0.3 is 0 Å². The zero-order chi connectivity index (χ0) is 15.0. The van der Waals surface area contributed by atoms with E-state index in [1.165, 1.54) is 5.01 Å². The van der Waals surface area contributed by atoms with Crippen LogP contribution in [0.25, 0.3) is 6.08 Å². The van der Waals surface area contributed by atoms with Gasteiger partial charge in [-0.15, -0.1) is 0 Å². The lowest BCUT2D eigenvalue weighted by Crippen LogP contribution is -2.21. The number of carbonyl (C=O) groups is 1. The molecule has 21 heavy (non-hydrogen) atoms. The Morgan fingerprint density at radius 2 is 1.86 bits per heavy atom. The van der Waals surface area contributed by atoms with Gasteiger partial charge in [0.25, 0.3) is 5.91 Å². The number of amides is 1. The minimum atomic E-state index is -0.109. The van der Waals surface area contributed by atoms with E-state index in [2.05, 4.69) is 10.2 Å². The summed E-state index contributed by atoms with van der Waals surface area (Å²) in [6, 6.07) is 9.43. The van der Waals surface area contributed by atoms with Gasteiger partial charge in [0.05, 0.1) is 22.7 Å². The van der Waals surface area contributed by atoms with Crippen LogP contribution in [0.4, 0.5) is 5.69 Å². The number of carbonyl (C=O) groups excluding carboxylic acids is 1. The molecule has 0 N–H and O–H groups in total. The Hall–Kier alpha value is -2.69. The van der Waals surface area contributed by atoms with E-state index < -0.39 is 0 Å². The Labute approximate surface area is 123 Å². The van der Waals surface area contributed by atoms with Crippen LogP contribution in [0.1, 0.15) is 18.2 Å². The zero-order valence-electron chi connectivity index (χ0n) is 12.2. The SMILES string of the molecule is CC1=NN(c2ccccc2)C(=O)/C1=C/c1cn(C)nc1C. The fourth-order valence-electron chi connectivity index (χ4n) is 2.34. The van der Waals surface area contributed by atoms with Gasteiger partial charge in [0.15, 0.2) is 0 Å². The minimum Gasteiger partial charge on any atom is -0.275 e. The number of hydrogen-bond acceptors (Lipinski definition) is 3. The monoisotopic (exact) mass is 280 g/mol. The molecule has 5 heteroatoms.